The minimum Gasteiger partial charge on any atom is -0.0623 e. The second kappa shape index (κ2) is 3.58. The quantitative estimate of drug-likeness (QED) is 0.541. The van der Waals surface area contributed by atoms with Gasteiger partial charge < -0.3 is 0 Å². The first-order valence-electron chi connectivity index (χ1n) is 6.82. The average Bonchev–Trinajstić information content (AvgIpc) is 2.68. The fourth-order valence-corrected chi connectivity index (χ4v) is 7.03. The van der Waals surface area contributed by atoms with Crippen LogP contribution in [0.5, 0.6) is 0 Å². The molecule has 0 amide bonds. The summed E-state index contributed by atoms with van der Waals surface area (Å²) in [6, 6.07) is 22.3. The highest BCUT2D eigenvalue weighted by Gasteiger charge is 2.38. The second-order valence-electron chi connectivity index (χ2n) is 5.88. The predicted molar refractivity (Wildman–Crippen MR) is 86.1 cm³/mol. The van der Waals surface area contributed by atoms with Crippen molar-refractivity contribution in [2.24, 2.45) is 0 Å². The Hall–Kier alpha value is -1.86. The maximum atomic E-state index is 2.48. The van der Waals surface area contributed by atoms with Crippen LogP contribution in [0.4, 0.5) is 0 Å². The van der Waals surface area contributed by atoms with Crippen molar-refractivity contribution in [1.29, 1.82) is 0 Å². The topological polar surface area (TPSA) is 0 Å². The zero-order valence-electron chi connectivity index (χ0n) is 11.3. The van der Waals surface area contributed by atoms with Crippen molar-refractivity contribution in [3.05, 3.63) is 60.7 Å². The highest BCUT2D eigenvalue weighted by molar-refractivity contribution is 7.05. The van der Waals surface area contributed by atoms with Gasteiger partial charge in [-0.3, -0.25) is 0 Å². The zero-order valence-corrected chi connectivity index (χ0v) is 12.3. The predicted octanol–water partition coefficient (Wildman–Crippen LogP) is 3.64. The summed E-state index contributed by atoms with van der Waals surface area (Å²) >= 11 is 0. The smallest absolute Gasteiger partial charge is 0.0623 e. The van der Waals surface area contributed by atoms with E-state index in [1.807, 2.05) is 0 Å². The molecule has 19 heavy (non-hydrogen) atoms. The molecule has 4 rings (SSSR count). The first kappa shape index (κ1) is 11.0. The maximum absolute atomic E-state index is 2.48. The van der Waals surface area contributed by atoms with E-state index in [9.17, 15) is 0 Å². The Morgan fingerprint density at radius 1 is 0.684 bits per heavy atom. The fraction of sp³-hybridized carbons (Fsp3) is 0.111. The summed E-state index contributed by atoms with van der Waals surface area (Å²) in [6.45, 7) is 4.95. The molecule has 0 saturated heterocycles. The van der Waals surface area contributed by atoms with Crippen molar-refractivity contribution in [2.45, 2.75) is 13.1 Å². The summed E-state index contributed by atoms with van der Waals surface area (Å²) in [4.78, 5) is 0. The SMILES string of the molecule is C[Si]1(C)c2ccccc2-c2ccc3ccccc3c21. The van der Waals surface area contributed by atoms with Crippen LogP contribution in [0.1, 0.15) is 0 Å². The third-order valence-electron chi connectivity index (χ3n) is 4.44. The molecule has 0 saturated carbocycles. The molecule has 0 aliphatic carbocycles. The molecule has 0 spiro atoms. The molecule has 0 nitrogen and oxygen atoms in total. The van der Waals surface area contributed by atoms with Gasteiger partial charge in [-0.05, 0) is 32.3 Å². The van der Waals surface area contributed by atoms with Gasteiger partial charge >= 0.3 is 0 Å². The third-order valence-corrected chi connectivity index (χ3v) is 8.02. The van der Waals surface area contributed by atoms with Crippen LogP contribution in [0.15, 0.2) is 60.7 Å². The summed E-state index contributed by atoms with van der Waals surface area (Å²) in [6.07, 6.45) is 0. The van der Waals surface area contributed by atoms with Gasteiger partial charge in [0.05, 0.1) is 0 Å². The van der Waals surface area contributed by atoms with Crippen molar-refractivity contribution in [1.82, 2.24) is 0 Å². The number of hydrogen-bond acceptors (Lipinski definition) is 0. The minimum atomic E-state index is -1.55. The molecule has 3 aromatic carbocycles. The Bertz CT molecular complexity index is 800. The van der Waals surface area contributed by atoms with E-state index in [1.54, 1.807) is 10.4 Å². The molecule has 92 valence electrons. The van der Waals surface area contributed by atoms with Crippen LogP contribution in [0.25, 0.3) is 21.9 Å². The van der Waals surface area contributed by atoms with Gasteiger partial charge in [0.1, 0.15) is 8.07 Å². The van der Waals surface area contributed by atoms with Crippen LogP contribution in [0.3, 0.4) is 0 Å². The minimum absolute atomic E-state index is 1.37. The lowest BCUT2D eigenvalue weighted by Crippen LogP contribution is -2.49. The molecule has 0 bridgehead atoms. The van der Waals surface area contributed by atoms with E-state index in [0.29, 0.717) is 0 Å². The van der Waals surface area contributed by atoms with E-state index in [4.69, 9.17) is 0 Å². The maximum Gasteiger partial charge on any atom is 0.114 e. The van der Waals surface area contributed by atoms with Crippen molar-refractivity contribution >= 4 is 29.2 Å². The van der Waals surface area contributed by atoms with Crippen molar-refractivity contribution in [3.8, 4) is 11.1 Å². The first-order chi connectivity index (χ1) is 9.19. The highest BCUT2D eigenvalue weighted by Crippen LogP contribution is 2.31. The Morgan fingerprint density at radius 3 is 2.32 bits per heavy atom. The lowest BCUT2D eigenvalue weighted by Gasteiger charge is -2.20. The van der Waals surface area contributed by atoms with Gasteiger partial charge in [0, 0.05) is 0 Å². The van der Waals surface area contributed by atoms with E-state index >= 15 is 0 Å². The van der Waals surface area contributed by atoms with Gasteiger partial charge in [0.25, 0.3) is 0 Å². The van der Waals surface area contributed by atoms with Crippen LogP contribution in [-0.4, -0.2) is 8.07 Å². The van der Waals surface area contributed by atoms with E-state index in [0.717, 1.165) is 0 Å². The molecule has 0 aromatic heterocycles. The van der Waals surface area contributed by atoms with Crippen LogP contribution < -0.4 is 10.4 Å². The van der Waals surface area contributed by atoms with E-state index < -0.39 is 8.07 Å². The highest BCUT2D eigenvalue weighted by atomic mass is 28.3. The lowest BCUT2D eigenvalue weighted by atomic mass is 10.0. The third kappa shape index (κ3) is 1.34. The van der Waals surface area contributed by atoms with Gasteiger partial charge in [-0.15, -0.1) is 0 Å². The fourth-order valence-electron chi connectivity index (χ4n) is 3.57. The molecule has 0 fully saturated rings. The Labute approximate surface area is 114 Å². The molecule has 0 N–H and O–H groups in total. The Balaban J connectivity index is 2.20. The molecule has 0 radical (unpaired) electrons. The van der Waals surface area contributed by atoms with E-state index in [1.165, 1.54) is 21.9 Å². The van der Waals surface area contributed by atoms with Crippen LogP contribution in [-0.2, 0) is 0 Å². The number of rotatable bonds is 0. The average molecular weight is 260 g/mol. The van der Waals surface area contributed by atoms with Gasteiger partial charge in [-0.2, -0.15) is 0 Å². The van der Waals surface area contributed by atoms with Crippen LogP contribution in [0.2, 0.25) is 13.1 Å². The molecule has 1 heteroatoms. The molecule has 1 heterocycles. The van der Waals surface area contributed by atoms with E-state index in [2.05, 4.69) is 73.8 Å². The van der Waals surface area contributed by atoms with Gasteiger partial charge in [-0.25, -0.2) is 0 Å². The molecule has 0 unspecified atom stereocenters. The molecule has 1 aliphatic heterocycles. The normalized spacial score (nSPS) is 15.3. The summed E-state index contributed by atoms with van der Waals surface area (Å²) < 4.78 is 0. The van der Waals surface area contributed by atoms with Gasteiger partial charge in [-0.1, -0.05) is 73.8 Å². The molecule has 0 atom stereocenters. The zero-order chi connectivity index (χ0) is 13.0. The van der Waals surface area contributed by atoms with Gasteiger partial charge in [0.2, 0.25) is 0 Å². The molecular weight excluding hydrogens is 244 g/mol. The van der Waals surface area contributed by atoms with Crippen molar-refractivity contribution < 1.29 is 0 Å². The Kier molecular flexibility index (Phi) is 2.07. The number of fused-ring (bicyclic) bond motifs is 5. The Morgan fingerprint density at radius 2 is 1.42 bits per heavy atom. The molecule has 3 aromatic rings. The largest absolute Gasteiger partial charge is 0.114 e. The summed E-state index contributed by atoms with van der Waals surface area (Å²) in [7, 11) is -1.55. The number of hydrogen-bond donors (Lipinski definition) is 0. The standard InChI is InChI=1S/C18H16Si/c1-19(2)17-10-6-5-9-15(17)16-12-11-13-7-3-4-8-14(13)18(16)19/h3-12H,1-2H3. The second-order valence-corrected chi connectivity index (χ2v) is 10.2. The monoisotopic (exact) mass is 260 g/mol. The van der Waals surface area contributed by atoms with Crippen LogP contribution in [0, 0.1) is 0 Å². The van der Waals surface area contributed by atoms with Crippen molar-refractivity contribution in [2.75, 3.05) is 0 Å². The lowest BCUT2D eigenvalue weighted by molar-refractivity contribution is 1.72. The number of benzene rings is 3. The van der Waals surface area contributed by atoms with E-state index in [-0.39, 0.29) is 0 Å². The summed E-state index contributed by atoms with van der Waals surface area (Å²) in [5.41, 5.74) is 2.92. The first-order valence-corrected chi connectivity index (χ1v) is 9.82. The van der Waals surface area contributed by atoms with Gasteiger partial charge in [0.15, 0.2) is 0 Å². The summed E-state index contributed by atoms with van der Waals surface area (Å²) in [5.74, 6) is 0. The summed E-state index contributed by atoms with van der Waals surface area (Å²) in [5, 5.41) is 6.02. The molecule has 1 aliphatic rings. The van der Waals surface area contributed by atoms with Crippen molar-refractivity contribution in [3.63, 3.8) is 0 Å². The molecular formula is C18H16Si. The van der Waals surface area contributed by atoms with Crippen LogP contribution >= 0.6 is 0 Å².